The number of hydrogen-bond acceptors (Lipinski definition) is 3. The van der Waals surface area contributed by atoms with Crippen molar-refractivity contribution in [3.63, 3.8) is 0 Å². The third-order valence-corrected chi connectivity index (χ3v) is 4.28. The van der Waals surface area contributed by atoms with Crippen molar-refractivity contribution in [2.24, 2.45) is 5.92 Å². The summed E-state index contributed by atoms with van der Waals surface area (Å²) in [6.45, 7) is 6.09. The number of rotatable bonds is 5. The normalized spacial score (nSPS) is 11.2. The van der Waals surface area contributed by atoms with E-state index >= 15 is 0 Å². The fraction of sp³-hybridized carbons (Fsp3) is 0.300. The molecular weight excluding hydrogens is 300 g/mol. The first-order chi connectivity index (χ1) is 11.6. The maximum atomic E-state index is 12.3. The SMILES string of the molecule is CCC(CC)C(=O)Nc1cccc(-c2nc3cc(C)ccc3o2)c1. The van der Waals surface area contributed by atoms with Gasteiger partial charge in [0.2, 0.25) is 11.8 Å². The first-order valence-corrected chi connectivity index (χ1v) is 8.39. The minimum Gasteiger partial charge on any atom is -0.436 e. The molecule has 24 heavy (non-hydrogen) atoms. The van der Waals surface area contributed by atoms with Gasteiger partial charge in [-0.25, -0.2) is 4.98 Å². The number of hydrogen-bond donors (Lipinski definition) is 1. The van der Waals surface area contributed by atoms with Crippen molar-refractivity contribution < 1.29 is 9.21 Å². The molecule has 0 fully saturated rings. The van der Waals surface area contributed by atoms with Crippen molar-refractivity contribution >= 4 is 22.7 Å². The van der Waals surface area contributed by atoms with Crippen LogP contribution in [0, 0.1) is 12.8 Å². The maximum absolute atomic E-state index is 12.3. The van der Waals surface area contributed by atoms with Gasteiger partial charge in [0.1, 0.15) is 5.52 Å². The summed E-state index contributed by atoms with van der Waals surface area (Å²) in [5, 5.41) is 2.99. The molecule has 4 nitrogen and oxygen atoms in total. The Bertz CT molecular complexity index is 863. The third-order valence-electron chi connectivity index (χ3n) is 4.28. The Hall–Kier alpha value is -2.62. The number of carbonyl (C=O) groups excluding carboxylic acids is 1. The van der Waals surface area contributed by atoms with Gasteiger partial charge in [-0.3, -0.25) is 4.79 Å². The summed E-state index contributed by atoms with van der Waals surface area (Å²) in [4.78, 5) is 16.8. The molecule has 4 heteroatoms. The lowest BCUT2D eigenvalue weighted by Gasteiger charge is -2.13. The largest absolute Gasteiger partial charge is 0.436 e. The second-order valence-electron chi connectivity index (χ2n) is 6.07. The van der Waals surface area contributed by atoms with E-state index in [0.29, 0.717) is 5.89 Å². The van der Waals surface area contributed by atoms with Crippen LogP contribution in [0.25, 0.3) is 22.6 Å². The van der Waals surface area contributed by atoms with E-state index < -0.39 is 0 Å². The summed E-state index contributed by atoms with van der Waals surface area (Å²) in [7, 11) is 0. The summed E-state index contributed by atoms with van der Waals surface area (Å²) in [6, 6.07) is 13.6. The lowest BCUT2D eigenvalue weighted by molar-refractivity contribution is -0.120. The Kier molecular flexibility index (Phi) is 4.65. The Morgan fingerprint density at radius 1 is 1.17 bits per heavy atom. The second-order valence-corrected chi connectivity index (χ2v) is 6.07. The molecule has 3 rings (SSSR count). The summed E-state index contributed by atoms with van der Waals surface area (Å²) in [6.07, 6.45) is 1.68. The fourth-order valence-electron chi connectivity index (χ4n) is 2.79. The zero-order chi connectivity index (χ0) is 17.1. The van der Waals surface area contributed by atoms with Crippen molar-refractivity contribution in [1.82, 2.24) is 4.98 Å². The monoisotopic (exact) mass is 322 g/mol. The van der Waals surface area contributed by atoms with Crippen LogP contribution in [-0.2, 0) is 4.79 Å². The van der Waals surface area contributed by atoms with Crippen molar-refractivity contribution in [2.45, 2.75) is 33.6 Å². The number of benzene rings is 2. The van der Waals surface area contributed by atoms with E-state index in [1.54, 1.807) is 0 Å². The van der Waals surface area contributed by atoms with Crippen LogP contribution in [0.3, 0.4) is 0 Å². The molecule has 1 aromatic heterocycles. The molecular formula is C20H22N2O2. The highest BCUT2D eigenvalue weighted by molar-refractivity contribution is 5.93. The predicted molar refractivity (Wildman–Crippen MR) is 96.9 cm³/mol. The Balaban J connectivity index is 1.87. The van der Waals surface area contributed by atoms with Crippen LogP contribution in [0.2, 0.25) is 0 Å². The van der Waals surface area contributed by atoms with Crippen LogP contribution in [0.15, 0.2) is 46.9 Å². The highest BCUT2D eigenvalue weighted by atomic mass is 16.3. The molecule has 2 aromatic carbocycles. The van der Waals surface area contributed by atoms with Gasteiger partial charge in [0.05, 0.1) is 0 Å². The van der Waals surface area contributed by atoms with Gasteiger partial charge >= 0.3 is 0 Å². The average molecular weight is 322 g/mol. The number of aryl methyl sites for hydroxylation is 1. The van der Waals surface area contributed by atoms with Crippen molar-refractivity contribution in [2.75, 3.05) is 5.32 Å². The van der Waals surface area contributed by atoms with Crippen LogP contribution in [0.5, 0.6) is 0 Å². The van der Waals surface area contributed by atoms with Crippen LogP contribution < -0.4 is 5.32 Å². The van der Waals surface area contributed by atoms with Gasteiger partial charge < -0.3 is 9.73 Å². The molecule has 3 aromatic rings. The highest BCUT2D eigenvalue weighted by Crippen LogP contribution is 2.27. The molecule has 0 spiro atoms. The molecule has 0 aliphatic carbocycles. The molecule has 1 amide bonds. The zero-order valence-corrected chi connectivity index (χ0v) is 14.3. The second kappa shape index (κ2) is 6.87. The zero-order valence-electron chi connectivity index (χ0n) is 14.3. The van der Waals surface area contributed by atoms with E-state index in [1.165, 1.54) is 0 Å². The molecule has 1 heterocycles. The Labute approximate surface area is 141 Å². The van der Waals surface area contributed by atoms with E-state index in [9.17, 15) is 4.79 Å². The van der Waals surface area contributed by atoms with Crippen LogP contribution in [-0.4, -0.2) is 10.9 Å². The molecule has 0 atom stereocenters. The van der Waals surface area contributed by atoms with Gasteiger partial charge in [0.25, 0.3) is 0 Å². The van der Waals surface area contributed by atoms with E-state index in [2.05, 4.69) is 10.3 Å². The standard InChI is InChI=1S/C20H22N2O2/c1-4-14(5-2)19(23)21-16-8-6-7-15(12-16)20-22-17-11-13(3)9-10-18(17)24-20/h6-12,14H,4-5H2,1-3H3,(H,21,23). The van der Waals surface area contributed by atoms with Gasteiger partial charge in [0, 0.05) is 17.2 Å². The molecule has 0 radical (unpaired) electrons. The summed E-state index contributed by atoms with van der Waals surface area (Å²) < 4.78 is 5.84. The fourth-order valence-corrected chi connectivity index (χ4v) is 2.79. The van der Waals surface area contributed by atoms with E-state index in [-0.39, 0.29) is 11.8 Å². The highest BCUT2D eigenvalue weighted by Gasteiger charge is 2.15. The van der Waals surface area contributed by atoms with Gasteiger partial charge in [0.15, 0.2) is 5.58 Å². The minimum atomic E-state index is 0.0426. The van der Waals surface area contributed by atoms with E-state index in [1.807, 2.05) is 63.2 Å². The molecule has 0 unspecified atom stereocenters. The molecule has 0 saturated heterocycles. The predicted octanol–water partition coefficient (Wildman–Crippen LogP) is 5.18. The molecule has 1 N–H and O–H groups in total. The van der Waals surface area contributed by atoms with Crippen LogP contribution >= 0.6 is 0 Å². The number of anilines is 1. The quantitative estimate of drug-likeness (QED) is 0.704. The number of aromatic nitrogens is 1. The molecule has 0 bridgehead atoms. The molecule has 124 valence electrons. The smallest absolute Gasteiger partial charge is 0.227 e. The third kappa shape index (κ3) is 3.32. The van der Waals surface area contributed by atoms with Crippen molar-refractivity contribution in [3.05, 3.63) is 48.0 Å². The van der Waals surface area contributed by atoms with Crippen LogP contribution in [0.1, 0.15) is 32.3 Å². The minimum absolute atomic E-state index is 0.0426. The number of amides is 1. The van der Waals surface area contributed by atoms with Crippen molar-refractivity contribution in [1.29, 1.82) is 0 Å². The Morgan fingerprint density at radius 2 is 1.96 bits per heavy atom. The lowest BCUT2D eigenvalue weighted by atomic mass is 10.0. The summed E-state index contributed by atoms with van der Waals surface area (Å²) in [5.41, 5.74) is 4.38. The molecule has 0 saturated carbocycles. The lowest BCUT2D eigenvalue weighted by Crippen LogP contribution is -2.21. The maximum Gasteiger partial charge on any atom is 0.227 e. The number of oxazole rings is 1. The van der Waals surface area contributed by atoms with Crippen LogP contribution in [0.4, 0.5) is 5.69 Å². The Morgan fingerprint density at radius 3 is 2.71 bits per heavy atom. The van der Waals surface area contributed by atoms with E-state index in [0.717, 1.165) is 40.8 Å². The first-order valence-electron chi connectivity index (χ1n) is 8.39. The summed E-state index contributed by atoms with van der Waals surface area (Å²) in [5.74, 6) is 0.667. The van der Waals surface area contributed by atoms with Gasteiger partial charge in [-0.15, -0.1) is 0 Å². The van der Waals surface area contributed by atoms with E-state index in [4.69, 9.17) is 4.42 Å². The first kappa shape index (κ1) is 16.2. The number of carbonyl (C=O) groups is 1. The van der Waals surface area contributed by atoms with Crippen molar-refractivity contribution in [3.8, 4) is 11.5 Å². The molecule has 0 aliphatic heterocycles. The summed E-state index contributed by atoms with van der Waals surface area (Å²) >= 11 is 0. The van der Waals surface area contributed by atoms with Gasteiger partial charge in [-0.05, 0) is 55.7 Å². The number of nitrogens with one attached hydrogen (secondary N) is 1. The number of fused-ring (bicyclic) bond motifs is 1. The van der Waals surface area contributed by atoms with Gasteiger partial charge in [-0.1, -0.05) is 26.0 Å². The topological polar surface area (TPSA) is 55.1 Å². The number of nitrogens with zero attached hydrogens (tertiary/aromatic N) is 1. The van der Waals surface area contributed by atoms with Gasteiger partial charge in [-0.2, -0.15) is 0 Å². The molecule has 0 aliphatic rings. The average Bonchev–Trinajstić information content (AvgIpc) is 2.99.